The van der Waals surface area contributed by atoms with Crippen LogP contribution in [0.15, 0.2) is 54.6 Å². The fourth-order valence-corrected chi connectivity index (χ4v) is 1.67. The van der Waals surface area contributed by atoms with Crippen molar-refractivity contribution in [1.82, 2.24) is 0 Å². The van der Waals surface area contributed by atoms with Gasteiger partial charge < -0.3 is 9.84 Å². The monoisotopic (exact) mass is 284 g/mol. The van der Waals surface area contributed by atoms with Crippen LogP contribution in [0, 0.1) is 0 Å². The van der Waals surface area contributed by atoms with Gasteiger partial charge in [0, 0.05) is 6.07 Å². The number of carbonyl (C=O) groups is 1. The summed E-state index contributed by atoms with van der Waals surface area (Å²) in [4.78, 5) is 12.0. The molecule has 1 N–H and O–H groups in total. The SMILES string of the molecule is CC.COc1ccc(C(=O)/C=C/c2ccccc2)c(O)c1. The Balaban J connectivity index is 0.00000106. The highest BCUT2D eigenvalue weighted by Gasteiger charge is 2.08. The molecule has 0 radical (unpaired) electrons. The highest BCUT2D eigenvalue weighted by Crippen LogP contribution is 2.24. The average molecular weight is 284 g/mol. The van der Waals surface area contributed by atoms with Crippen LogP contribution in [0.5, 0.6) is 11.5 Å². The van der Waals surface area contributed by atoms with E-state index in [1.807, 2.05) is 44.2 Å². The Morgan fingerprint density at radius 1 is 1.10 bits per heavy atom. The zero-order valence-corrected chi connectivity index (χ0v) is 12.5. The second-order valence-electron chi connectivity index (χ2n) is 3.99. The van der Waals surface area contributed by atoms with Crippen LogP contribution in [0.1, 0.15) is 29.8 Å². The maximum absolute atomic E-state index is 12.0. The van der Waals surface area contributed by atoms with Crippen molar-refractivity contribution in [1.29, 1.82) is 0 Å². The van der Waals surface area contributed by atoms with Crippen LogP contribution in [-0.4, -0.2) is 18.0 Å². The van der Waals surface area contributed by atoms with Crippen LogP contribution in [-0.2, 0) is 0 Å². The molecule has 0 aliphatic carbocycles. The molecule has 0 fully saturated rings. The van der Waals surface area contributed by atoms with Gasteiger partial charge in [0.25, 0.3) is 0 Å². The Hall–Kier alpha value is -2.55. The minimum Gasteiger partial charge on any atom is -0.507 e. The molecule has 0 saturated carbocycles. The number of carbonyl (C=O) groups excluding carboxylic acids is 1. The minimum atomic E-state index is -0.246. The molecule has 0 amide bonds. The predicted octanol–water partition coefficient (Wildman–Crippen LogP) is 4.32. The highest BCUT2D eigenvalue weighted by atomic mass is 16.5. The van der Waals surface area contributed by atoms with Gasteiger partial charge in [0.15, 0.2) is 5.78 Å². The van der Waals surface area contributed by atoms with Crippen LogP contribution in [0.2, 0.25) is 0 Å². The van der Waals surface area contributed by atoms with E-state index in [-0.39, 0.29) is 17.1 Å². The Labute approximate surface area is 125 Å². The molecule has 0 aliphatic heterocycles. The standard InChI is InChI=1S/C16H14O3.C2H6/c1-19-13-8-9-14(16(18)11-13)15(17)10-7-12-5-3-2-4-6-12;1-2/h2-11,18H,1H3;1-2H3/b10-7+;. The van der Waals surface area contributed by atoms with Gasteiger partial charge in [-0.05, 0) is 23.8 Å². The number of methoxy groups -OCH3 is 1. The number of aromatic hydroxyl groups is 1. The summed E-state index contributed by atoms with van der Waals surface area (Å²) in [6.45, 7) is 4.00. The summed E-state index contributed by atoms with van der Waals surface area (Å²) >= 11 is 0. The molecule has 0 bridgehead atoms. The van der Waals surface area contributed by atoms with Crippen molar-refractivity contribution < 1.29 is 14.6 Å². The van der Waals surface area contributed by atoms with E-state index in [4.69, 9.17) is 4.74 Å². The molecule has 0 aromatic heterocycles. The van der Waals surface area contributed by atoms with Gasteiger partial charge in [-0.3, -0.25) is 4.79 Å². The molecule has 2 aromatic rings. The van der Waals surface area contributed by atoms with E-state index < -0.39 is 0 Å². The van der Waals surface area contributed by atoms with E-state index in [0.29, 0.717) is 5.75 Å². The first-order chi connectivity index (χ1) is 10.2. The quantitative estimate of drug-likeness (QED) is 0.671. The van der Waals surface area contributed by atoms with Crippen LogP contribution >= 0.6 is 0 Å². The van der Waals surface area contributed by atoms with Crippen molar-refractivity contribution in [2.45, 2.75) is 13.8 Å². The van der Waals surface area contributed by atoms with Gasteiger partial charge in [0.1, 0.15) is 11.5 Å². The lowest BCUT2D eigenvalue weighted by molar-refractivity contribution is 0.104. The zero-order chi connectivity index (χ0) is 15.7. The van der Waals surface area contributed by atoms with E-state index in [9.17, 15) is 9.90 Å². The van der Waals surface area contributed by atoms with Gasteiger partial charge in [-0.25, -0.2) is 0 Å². The summed E-state index contributed by atoms with van der Waals surface area (Å²) in [5.41, 5.74) is 1.19. The maximum atomic E-state index is 12.0. The highest BCUT2D eigenvalue weighted by molar-refractivity contribution is 6.08. The van der Waals surface area contributed by atoms with Gasteiger partial charge >= 0.3 is 0 Å². The van der Waals surface area contributed by atoms with Crippen LogP contribution in [0.3, 0.4) is 0 Å². The second kappa shape index (κ2) is 8.59. The number of benzene rings is 2. The fraction of sp³-hybridized carbons (Fsp3) is 0.167. The molecule has 2 rings (SSSR count). The summed E-state index contributed by atoms with van der Waals surface area (Å²) in [5, 5.41) is 9.76. The first kappa shape index (κ1) is 16.5. The topological polar surface area (TPSA) is 46.5 Å². The van der Waals surface area contributed by atoms with Gasteiger partial charge in [-0.15, -0.1) is 0 Å². The molecule has 0 unspecified atom stereocenters. The Bertz CT molecular complexity index is 601. The van der Waals surface area contributed by atoms with Gasteiger partial charge in [-0.1, -0.05) is 50.3 Å². The lowest BCUT2D eigenvalue weighted by Crippen LogP contribution is -1.95. The van der Waals surface area contributed by atoms with E-state index >= 15 is 0 Å². The average Bonchev–Trinajstić information content (AvgIpc) is 2.55. The number of ether oxygens (including phenoxy) is 1. The summed E-state index contributed by atoms with van der Waals surface area (Å²) in [5.74, 6) is 0.187. The van der Waals surface area contributed by atoms with E-state index in [2.05, 4.69) is 0 Å². The van der Waals surface area contributed by atoms with Crippen LogP contribution < -0.4 is 4.74 Å². The first-order valence-corrected chi connectivity index (χ1v) is 6.85. The van der Waals surface area contributed by atoms with E-state index in [1.54, 1.807) is 18.2 Å². The number of allylic oxidation sites excluding steroid dienone is 1. The van der Waals surface area contributed by atoms with Crippen molar-refractivity contribution >= 4 is 11.9 Å². The normalized spacial score (nSPS) is 9.86. The Morgan fingerprint density at radius 2 is 1.76 bits per heavy atom. The number of rotatable bonds is 4. The third-order valence-electron chi connectivity index (χ3n) is 2.70. The molecule has 3 heteroatoms. The molecule has 3 nitrogen and oxygen atoms in total. The number of hydrogen-bond donors (Lipinski definition) is 1. The lowest BCUT2D eigenvalue weighted by Gasteiger charge is -2.03. The Morgan fingerprint density at radius 3 is 2.33 bits per heavy atom. The molecule has 0 aliphatic rings. The second-order valence-corrected chi connectivity index (χ2v) is 3.99. The van der Waals surface area contributed by atoms with Crippen molar-refractivity contribution in [3.8, 4) is 11.5 Å². The molecule has 0 heterocycles. The fourth-order valence-electron chi connectivity index (χ4n) is 1.67. The van der Waals surface area contributed by atoms with E-state index in [1.165, 1.54) is 19.3 Å². The molecule has 0 spiro atoms. The van der Waals surface area contributed by atoms with Crippen molar-refractivity contribution in [3.05, 3.63) is 65.7 Å². The van der Waals surface area contributed by atoms with Crippen molar-refractivity contribution in [3.63, 3.8) is 0 Å². The summed E-state index contributed by atoms with van der Waals surface area (Å²) in [7, 11) is 1.51. The number of phenolic OH excluding ortho intramolecular Hbond substituents is 1. The molecule has 2 aromatic carbocycles. The summed E-state index contributed by atoms with van der Waals surface area (Å²) < 4.78 is 4.97. The Kier molecular flexibility index (Phi) is 6.75. The van der Waals surface area contributed by atoms with Gasteiger partial charge in [-0.2, -0.15) is 0 Å². The lowest BCUT2D eigenvalue weighted by atomic mass is 10.1. The summed E-state index contributed by atoms with van der Waals surface area (Å²) in [6, 6.07) is 14.1. The molecular formula is C18H20O3. The first-order valence-electron chi connectivity index (χ1n) is 6.85. The molecule has 21 heavy (non-hydrogen) atoms. The summed E-state index contributed by atoms with van der Waals surface area (Å²) in [6.07, 6.45) is 3.16. The molecular weight excluding hydrogens is 264 g/mol. The molecule has 0 saturated heterocycles. The van der Waals surface area contributed by atoms with Crippen LogP contribution in [0.25, 0.3) is 6.08 Å². The smallest absolute Gasteiger partial charge is 0.189 e. The van der Waals surface area contributed by atoms with Crippen molar-refractivity contribution in [2.75, 3.05) is 7.11 Å². The third-order valence-corrected chi connectivity index (χ3v) is 2.70. The third kappa shape index (κ3) is 4.80. The minimum absolute atomic E-state index is 0.0814. The molecule has 110 valence electrons. The predicted molar refractivity (Wildman–Crippen MR) is 85.8 cm³/mol. The zero-order valence-electron chi connectivity index (χ0n) is 12.5. The van der Waals surface area contributed by atoms with Crippen LogP contribution in [0.4, 0.5) is 0 Å². The number of ketones is 1. The maximum Gasteiger partial charge on any atom is 0.189 e. The van der Waals surface area contributed by atoms with Gasteiger partial charge in [0.2, 0.25) is 0 Å². The van der Waals surface area contributed by atoms with Crippen molar-refractivity contribution in [2.24, 2.45) is 0 Å². The molecule has 0 atom stereocenters. The van der Waals surface area contributed by atoms with Gasteiger partial charge in [0.05, 0.1) is 12.7 Å². The largest absolute Gasteiger partial charge is 0.507 e. The number of phenols is 1. The van der Waals surface area contributed by atoms with E-state index in [0.717, 1.165) is 5.56 Å². The number of hydrogen-bond acceptors (Lipinski definition) is 3.